The molecule has 0 atom stereocenters. The molecule has 0 aliphatic rings. The first-order valence-corrected chi connectivity index (χ1v) is 23.3. The maximum absolute atomic E-state index is 7.18. The standard InChI is InChI=1S/C62H37N6O/c1-2-21-43(22-3-1)67-53-29-12-10-25-46(53)50-28-15-33-66(61(50)67)62-64-59(63-60(65-62)49-27-14-20-38-16-6-8-23-44(38)49)42-35-52-48-32-31-39-17-7-9-24-45(39)57(48)69-58(52)56(37-42)68-54-30-13-11-26-47(54)51-34-40-18-4-5-19-41(40)36-55(51)68/h1-37H/q+1. The van der Waals surface area contributed by atoms with Gasteiger partial charge in [-0.2, -0.15) is 9.55 Å². The van der Waals surface area contributed by atoms with Crippen molar-refractivity contribution in [1.29, 1.82) is 0 Å². The minimum Gasteiger partial charge on any atom is -0.453 e. The van der Waals surface area contributed by atoms with Crippen molar-refractivity contribution < 1.29 is 8.98 Å². The van der Waals surface area contributed by atoms with E-state index in [0.717, 1.165) is 110 Å². The second kappa shape index (κ2) is 14.5. The molecule has 0 amide bonds. The number of aromatic nitrogens is 6. The summed E-state index contributed by atoms with van der Waals surface area (Å²) in [4.78, 5) is 16.4. The maximum atomic E-state index is 7.18. The zero-order chi connectivity index (χ0) is 45.2. The molecule has 0 unspecified atom stereocenters. The van der Waals surface area contributed by atoms with E-state index in [4.69, 9.17) is 19.4 Å². The molecule has 7 nitrogen and oxygen atoms in total. The number of para-hydroxylation sites is 3. The Hall–Kier alpha value is -9.46. The molecule has 0 N–H and O–H groups in total. The summed E-state index contributed by atoms with van der Waals surface area (Å²) in [6, 6.07) is 77.2. The first kappa shape index (κ1) is 37.7. The lowest BCUT2D eigenvalue weighted by molar-refractivity contribution is -0.578. The molecule has 0 fully saturated rings. The van der Waals surface area contributed by atoms with Crippen LogP contribution in [0, 0.1) is 0 Å². The molecule has 15 rings (SSSR count). The van der Waals surface area contributed by atoms with Crippen LogP contribution in [-0.4, -0.2) is 24.1 Å². The van der Waals surface area contributed by atoms with Gasteiger partial charge in [-0.15, -0.1) is 0 Å². The molecule has 69 heavy (non-hydrogen) atoms. The molecule has 0 aliphatic heterocycles. The van der Waals surface area contributed by atoms with Gasteiger partial charge in [-0.25, -0.2) is 4.57 Å². The fourth-order valence-electron chi connectivity index (χ4n) is 10.9. The Balaban J connectivity index is 1.08. The Bertz CT molecular complexity index is 4620. The van der Waals surface area contributed by atoms with Crippen LogP contribution in [-0.2, 0) is 0 Å². The summed E-state index contributed by atoms with van der Waals surface area (Å²) in [7, 11) is 0. The van der Waals surface area contributed by atoms with Crippen LogP contribution in [0.1, 0.15) is 0 Å². The molecule has 10 aromatic carbocycles. The highest BCUT2D eigenvalue weighted by Gasteiger charge is 2.28. The number of benzene rings is 10. The summed E-state index contributed by atoms with van der Waals surface area (Å²) in [5.41, 5.74) is 9.54. The van der Waals surface area contributed by atoms with Gasteiger partial charge in [-0.1, -0.05) is 156 Å². The second-order valence-corrected chi connectivity index (χ2v) is 17.8. The second-order valence-electron chi connectivity index (χ2n) is 17.8. The van der Waals surface area contributed by atoms with Crippen molar-refractivity contribution in [2.45, 2.75) is 0 Å². The number of furan rings is 1. The molecule has 320 valence electrons. The van der Waals surface area contributed by atoms with Gasteiger partial charge >= 0.3 is 5.95 Å². The van der Waals surface area contributed by atoms with Gasteiger partial charge in [-0.05, 0) is 99.7 Å². The van der Waals surface area contributed by atoms with Crippen molar-refractivity contribution in [2.24, 2.45) is 0 Å². The third-order valence-electron chi connectivity index (χ3n) is 14.0. The highest BCUT2D eigenvalue weighted by Crippen LogP contribution is 2.43. The SMILES string of the molecule is c1ccc(-n2c3ccccc3c3ccc[n+](-c4nc(-c5cc(-n6c7ccccc7c7cc8ccccc8cc76)c6oc7c8ccccc8ccc7c6c5)nc(-c5cccc6ccccc56)n4)c32)cc1. The van der Waals surface area contributed by atoms with Crippen LogP contribution in [0.15, 0.2) is 229 Å². The number of rotatable bonds is 5. The molecular weight excluding hydrogens is 845 g/mol. The van der Waals surface area contributed by atoms with Crippen LogP contribution >= 0.6 is 0 Å². The lowest BCUT2D eigenvalue weighted by Gasteiger charge is -2.12. The van der Waals surface area contributed by atoms with E-state index >= 15 is 0 Å². The molecule has 7 heteroatoms. The molecule has 5 heterocycles. The van der Waals surface area contributed by atoms with Gasteiger partial charge in [0, 0.05) is 43.4 Å². The quantitative estimate of drug-likeness (QED) is 0.162. The molecule has 5 aromatic heterocycles. The van der Waals surface area contributed by atoms with E-state index in [1.807, 2.05) is 0 Å². The molecule has 0 saturated heterocycles. The average Bonchev–Trinajstić information content (AvgIpc) is 4.08. The normalized spacial score (nSPS) is 12.1. The minimum absolute atomic E-state index is 0.501. The third kappa shape index (κ3) is 5.62. The van der Waals surface area contributed by atoms with Gasteiger partial charge in [-0.3, -0.25) is 0 Å². The smallest absolute Gasteiger partial charge is 0.393 e. The van der Waals surface area contributed by atoms with Crippen molar-refractivity contribution in [2.75, 3.05) is 0 Å². The highest BCUT2D eigenvalue weighted by molar-refractivity contribution is 6.19. The van der Waals surface area contributed by atoms with E-state index < -0.39 is 0 Å². The Morgan fingerprint density at radius 2 is 0.986 bits per heavy atom. The monoisotopic (exact) mass is 881 g/mol. The highest BCUT2D eigenvalue weighted by atomic mass is 16.3. The van der Waals surface area contributed by atoms with E-state index in [9.17, 15) is 0 Å². The zero-order valence-corrected chi connectivity index (χ0v) is 37.0. The fourth-order valence-corrected chi connectivity index (χ4v) is 10.9. The topological polar surface area (TPSA) is 65.5 Å². The van der Waals surface area contributed by atoms with Crippen molar-refractivity contribution in [1.82, 2.24) is 24.1 Å². The van der Waals surface area contributed by atoms with Gasteiger partial charge < -0.3 is 8.98 Å². The van der Waals surface area contributed by atoms with Crippen LogP contribution in [0.4, 0.5) is 0 Å². The predicted molar refractivity (Wildman–Crippen MR) is 281 cm³/mol. The third-order valence-corrected chi connectivity index (χ3v) is 14.0. The number of nitrogens with zero attached hydrogens (tertiary/aromatic N) is 6. The van der Waals surface area contributed by atoms with Gasteiger partial charge in [0.15, 0.2) is 5.58 Å². The van der Waals surface area contributed by atoms with Crippen LogP contribution in [0.2, 0.25) is 0 Å². The van der Waals surface area contributed by atoms with Crippen LogP contribution in [0.5, 0.6) is 0 Å². The molecule has 0 saturated carbocycles. The lowest BCUT2D eigenvalue weighted by atomic mass is 10.0. The Kier molecular flexibility index (Phi) is 7.94. The average molecular weight is 882 g/mol. The van der Waals surface area contributed by atoms with Crippen molar-refractivity contribution >= 4 is 98.0 Å². The van der Waals surface area contributed by atoms with Crippen molar-refractivity contribution in [3.05, 3.63) is 225 Å². The number of pyridine rings is 1. The Morgan fingerprint density at radius 3 is 1.80 bits per heavy atom. The Labute approximate surface area is 394 Å². The van der Waals surface area contributed by atoms with Crippen LogP contribution < -0.4 is 4.57 Å². The maximum Gasteiger partial charge on any atom is 0.393 e. The lowest BCUT2D eigenvalue weighted by Crippen LogP contribution is -2.36. The van der Waals surface area contributed by atoms with E-state index in [1.165, 1.54) is 10.8 Å². The van der Waals surface area contributed by atoms with Gasteiger partial charge in [0.25, 0.3) is 0 Å². The Morgan fingerprint density at radius 1 is 0.362 bits per heavy atom. The summed E-state index contributed by atoms with van der Waals surface area (Å²) in [5, 5.41) is 13.3. The van der Waals surface area contributed by atoms with Crippen LogP contribution in [0.3, 0.4) is 0 Å². The fraction of sp³-hybridized carbons (Fsp3) is 0. The van der Waals surface area contributed by atoms with E-state index in [1.54, 1.807) is 0 Å². The molecule has 15 aromatic rings. The summed E-state index contributed by atoms with van der Waals surface area (Å²) >= 11 is 0. The summed E-state index contributed by atoms with van der Waals surface area (Å²) in [5.74, 6) is 1.62. The zero-order valence-electron chi connectivity index (χ0n) is 37.0. The molecule has 0 aliphatic carbocycles. The largest absolute Gasteiger partial charge is 0.453 e. The number of hydrogen-bond donors (Lipinski definition) is 0. The number of hydrogen-bond acceptors (Lipinski definition) is 4. The summed E-state index contributed by atoms with van der Waals surface area (Å²) in [6.07, 6.45) is 2.07. The molecule has 0 bridgehead atoms. The summed E-state index contributed by atoms with van der Waals surface area (Å²) < 4.78 is 14.0. The van der Waals surface area contributed by atoms with Crippen LogP contribution in [0.25, 0.3) is 138 Å². The molecular formula is C62H37N6O+. The van der Waals surface area contributed by atoms with E-state index in [0.29, 0.717) is 17.6 Å². The van der Waals surface area contributed by atoms with E-state index in [-0.39, 0.29) is 0 Å². The van der Waals surface area contributed by atoms with Gasteiger partial charge in [0.05, 0.1) is 39.5 Å². The van der Waals surface area contributed by atoms with Crippen molar-refractivity contribution in [3.8, 4) is 40.1 Å². The first-order valence-electron chi connectivity index (χ1n) is 23.3. The predicted octanol–water partition coefficient (Wildman–Crippen LogP) is 15.0. The van der Waals surface area contributed by atoms with Crippen molar-refractivity contribution in [3.63, 3.8) is 0 Å². The van der Waals surface area contributed by atoms with E-state index in [2.05, 4.69) is 238 Å². The minimum atomic E-state index is 0.501. The summed E-state index contributed by atoms with van der Waals surface area (Å²) in [6.45, 7) is 0. The first-order chi connectivity index (χ1) is 34.2. The number of fused-ring (bicyclic) bond motifs is 13. The molecule has 0 radical (unpaired) electrons. The molecule has 0 spiro atoms. The van der Waals surface area contributed by atoms with Gasteiger partial charge in [0.1, 0.15) is 5.58 Å². The van der Waals surface area contributed by atoms with Gasteiger partial charge in [0.2, 0.25) is 17.3 Å².